The van der Waals surface area contributed by atoms with E-state index >= 15 is 0 Å². The van der Waals surface area contributed by atoms with Crippen LogP contribution >= 0.6 is 0 Å². The summed E-state index contributed by atoms with van der Waals surface area (Å²) in [6.45, 7) is 1.45. The lowest BCUT2D eigenvalue weighted by Crippen LogP contribution is -2.41. The van der Waals surface area contributed by atoms with Crippen molar-refractivity contribution in [2.24, 2.45) is 0 Å². The van der Waals surface area contributed by atoms with Crippen molar-refractivity contribution in [2.75, 3.05) is 27.0 Å². The molecule has 15 heavy (non-hydrogen) atoms. The summed E-state index contributed by atoms with van der Waals surface area (Å²) in [5, 5.41) is 1.36. The predicted molar refractivity (Wildman–Crippen MR) is 55.1 cm³/mol. The highest BCUT2D eigenvalue weighted by molar-refractivity contribution is 7.92. The van der Waals surface area contributed by atoms with Crippen molar-refractivity contribution in [3.05, 3.63) is 0 Å². The van der Waals surface area contributed by atoms with Crippen LogP contribution in [0.1, 0.15) is 6.92 Å². The molecule has 0 radical (unpaired) electrons. The van der Waals surface area contributed by atoms with Crippen LogP contribution in [0.5, 0.6) is 0 Å². The summed E-state index contributed by atoms with van der Waals surface area (Å²) in [7, 11) is -0.495. The van der Waals surface area contributed by atoms with Crippen LogP contribution in [-0.2, 0) is 24.1 Å². The zero-order valence-electron chi connectivity index (χ0n) is 9.31. The number of hydrogen-bond donors (Lipinski definition) is 1. The third-order valence-electron chi connectivity index (χ3n) is 1.98. The second-order valence-corrected chi connectivity index (χ2v) is 5.48. The maximum atomic E-state index is 11.3. The number of nitrogens with one attached hydrogen (secondary N) is 1. The fourth-order valence-electron chi connectivity index (χ4n) is 0.785. The molecule has 0 saturated carbocycles. The number of carbonyl (C=O) groups is 1. The molecular formula is C8H17NO5S. The summed E-state index contributed by atoms with van der Waals surface area (Å²) in [5.41, 5.74) is 0. The number of sulfone groups is 1. The largest absolute Gasteiger partial charge is 0.354 e. The van der Waals surface area contributed by atoms with Crippen molar-refractivity contribution in [3.63, 3.8) is 0 Å². The molecule has 0 rings (SSSR count). The van der Waals surface area contributed by atoms with E-state index in [4.69, 9.17) is 9.47 Å². The molecule has 1 atom stereocenters. The van der Waals surface area contributed by atoms with E-state index in [9.17, 15) is 13.2 Å². The van der Waals surface area contributed by atoms with E-state index in [1.54, 1.807) is 0 Å². The zero-order chi connectivity index (χ0) is 12.1. The van der Waals surface area contributed by atoms with Gasteiger partial charge in [0.2, 0.25) is 5.91 Å². The molecular weight excluding hydrogens is 222 g/mol. The molecule has 90 valence electrons. The predicted octanol–water partition coefficient (Wildman–Crippen LogP) is -0.845. The Hall–Kier alpha value is -0.660. The van der Waals surface area contributed by atoms with Crippen molar-refractivity contribution in [3.8, 4) is 0 Å². The van der Waals surface area contributed by atoms with Crippen molar-refractivity contribution in [2.45, 2.75) is 18.5 Å². The molecule has 7 heteroatoms. The van der Waals surface area contributed by atoms with Crippen molar-refractivity contribution < 1.29 is 22.7 Å². The van der Waals surface area contributed by atoms with E-state index in [1.807, 2.05) is 0 Å². The number of rotatable bonds is 6. The van der Waals surface area contributed by atoms with Crippen LogP contribution in [0.25, 0.3) is 0 Å². The lowest BCUT2D eigenvalue weighted by atomic mass is 10.4. The fourth-order valence-corrected chi connectivity index (χ4v) is 1.26. The minimum Gasteiger partial charge on any atom is -0.354 e. The van der Waals surface area contributed by atoms with Crippen molar-refractivity contribution in [1.82, 2.24) is 5.32 Å². The molecule has 6 nitrogen and oxygen atoms in total. The van der Waals surface area contributed by atoms with Gasteiger partial charge in [0.25, 0.3) is 0 Å². The molecule has 0 heterocycles. The molecule has 0 aromatic rings. The summed E-state index contributed by atoms with van der Waals surface area (Å²) in [6.07, 6.45) is 0.446. The molecule has 1 unspecified atom stereocenters. The second kappa shape index (κ2) is 6.04. The normalized spacial score (nSPS) is 13.9. The van der Waals surface area contributed by atoms with Gasteiger partial charge in [-0.05, 0) is 6.92 Å². The number of ether oxygens (including phenoxy) is 2. The molecule has 0 aromatic carbocycles. The molecule has 0 aromatic heterocycles. The first-order valence-electron chi connectivity index (χ1n) is 4.35. The van der Waals surface area contributed by atoms with Gasteiger partial charge in [0, 0.05) is 20.5 Å². The standard InChI is InChI=1S/C8H17NO5S/c1-6(15(4,11)12)8(10)9-5-7(13-2)14-3/h6-7H,5H2,1-4H3,(H,9,10). The maximum absolute atomic E-state index is 11.3. The van der Waals surface area contributed by atoms with Gasteiger partial charge < -0.3 is 14.8 Å². The highest BCUT2D eigenvalue weighted by Gasteiger charge is 2.23. The van der Waals surface area contributed by atoms with Crippen LogP contribution in [0.2, 0.25) is 0 Å². The average Bonchev–Trinajstić information content (AvgIpc) is 2.16. The van der Waals surface area contributed by atoms with E-state index in [0.29, 0.717) is 0 Å². The quantitative estimate of drug-likeness (QED) is 0.611. The van der Waals surface area contributed by atoms with E-state index in [-0.39, 0.29) is 6.54 Å². The fraction of sp³-hybridized carbons (Fsp3) is 0.875. The molecule has 0 saturated heterocycles. The summed E-state index contributed by atoms with van der Waals surface area (Å²) < 4.78 is 31.7. The SMILES string of the molecule is COC(CNC(=O)C(C)S(C)(=O)=O)OC. The molecule has 1 amide bonds. The van der Waals surface area contributed by atoms with Gasteiger partial charge in [-0.2, -0.15) is 0 Å². The molecule has 0 bridgehead atoms. The highest BCUT2D eigenvalue weighted by atomic mass is 32.2. The molecule has 0 fully saturated rings. The number of hydrogen-bond acceptors (Lipinski definition) is 5. The summed E-state index contributed by atoms with van der Waals surface area (Å²) in [5.74, 6) is -0.559. The van der Waals surface area contributed by atoms with Gasteiger partial charge in [-0.15, -0.1) is 0 Å². The van der Waals surface area contributed by atoms with Gasteiger partial charge in [-0.3, -0.25) is 4.79 Å². The minimum atomic E-state index is -3.36. The van der Waals surface area contributed by atoms with Gasteiger partial charge in [-0.1, -0.05) is 0 Å². The number of amides is 1. The highest BCUT2D eigenvalue weighted by Crippen LogP contribution is 1.98. The summed E-state index contributed by atoms with van der Waals surface area (Å²) in [4.78, 5) is 11.3. The molecule has 0 aliphatic carbocycles. The van der Waals surface area contributed by atoms with Crippen LogP contribution < -0.4 is 5.32 Å². The Balaban J connectivity index is 4.16. The van der Waals surface area contributed by atoms with E-state index < -0.39 is 27.3 Å². The van der Waals surface area contributed by atoms with E-state index in [2.05, 4.69) is 5.32 Å². The van der Waals surface area contributed by atoms with E-state index in [0.717, 1.165) is 6.26 Å². The van der Waals surface area contributed by atoms with Gasteiger partial charge in [0.15, 0.2) is 16.1 Å². The average molecular weight is 239 g/mol. The first kappa shape index (κ1) is 14.3. The Labute approximate surface area is 89.9 Å². The summed E-state index contributed by atoms with van der Waals surface area (Å²) >= 11 is 0. The molecule has 0 spiro atoms. The third-order valence-corrected chi connectivity index (χ3v) is 3.48. The van der Waals surface area contributed by atoms with Crippen molar-refractivity contribution >= 4 is 15.7 Å². The third kappa shape index (κ3) is 5.10. The Morgan fingerprint density at radius 2 is 1.80 bits per heavy atom. The van der Waals surface area contributed by atoms with Gasteiger partial charge in [0.1, 0.15) is 5.25 Å². The first-order valence-corrected chi connectivity index (χ1v) is 6.30. The van der Waals surface area contributed by atoms with Gasteiger partial charge in [0.05, 0.1) is 6.54 Å². The monoisotopic (exact) mass is 239 g/mol. The number of carbonyl (C=O) groups excluding carboxylic acids is 1. The lowest BCUT2D eigenvalue weighted by molar-refractivity contribution is -0.126. The topological polar surface area (TPSA) is 81.7 Å². The van der Waals surface area contributed by atoms with Gasteiger partial charge in [-0.25, -0.2) is 8.42 Å². The second-order valence-electron chi connectivity index (χ2n) is 3.12. The Kier molecular flexibility index (Phi) is 5.77. The zero-order valence-corrected chi connectivity index (χ0v) is 10.1. The minimum absolute atomic E-state index is 0.117. The Morgan fingerprint density at radius 3 is 2.13 bits per heavy atom. The first-order chi connectivity index (χ1) is 6.82. The van der Waals surface area contributed by atoms with Crippen molar-refractivity contribution in [1.29, 1.82) is 0 Å². The Bertz CT molecular complexity index is 296. The van der Waals surface area contributed by atoms with Crippen LogP contribution in [0.4, 0.5) is 0 Å². The van der Waals surface area contributed by atoms with Crippen LogP contribution in [0, 0.1) is 0 Å². The van der Waals surface area contributed by atoms with E-state index in [1.165, 1.54) is 21.1 Å². The van der Waals surface area contributed by atoms with Crippen LogP contribution in [-0.4, -0.2) is 52.9 Å². The van der Waals surface area contributed by atoms with Crippen LogP contribution in [0.15, 0.2) is 0 Å². The Morgan fingerprint density at radius 1 is 1.33 bits per heavy atom. The lowest BCUT2D eigenvalue weighted by Gasteiger charge is -2.15. The smallest absolute Gasteiger partial charge is 0.238 e. The molecule has 0 aliphatic heterocycles. The van der Waals surface area contributed by atoms with Crippen LogP contribution in [0.3, 0.4) is 0 Å². The van der Waals surface area contributed by atoms with Gasteiger partial charge >= 0.3 is 0 Å². The molecule has 1 N–H and O–H groups in total. The summed E-state index contributed by atoms with van der Waals surface area (Å²) in [6, 6.07) is 0. The number of methoxy groups -OCH3 is 2. The maximum Gasteiger partial charge on any atom is 0.238 e. The molecule has 0 aliphatic rings.